The Morgan fingerprint density at radius 3 is 1.81 bits per heavy atom. The van der Waals surface area contributed by atoms with E-state index in [0.717, 1.165) is 12.8 Å². The summed E-state index contributed by atoms with van der Waals surface area (Å²) in [4.78, 5) is 18.8. The number of nitro groups is 1. The number of anilines is 2. The Morgan fingerprint density at radius 2 is 1.48 bits per heavy atom. The van der Waals surface area contributed by atoms with Gasteiger partial charge in [-0.3, -0.25) is 10.1 Å². The van der Waals surface area contributed by atoms with Gasteiger partial charge < -0.3 is 10.6 Å². The molecule has 118 valence electrons. The Labute approximate surface area is 125 Å². The van der Waals surface area contributed by atoms with Gasteiger partial charge in [-0.1, -0.05) is 27.7 Å². The first-order valence-corrected chi connectivity index (χ1v) is 7.39. The van der Waals surface area contributed by atoms with Gasteiger partial charge in [0.05, 0.1) is 4.92 Å². The van der Waals surface area contributed by atoms with Crippen molar-refractivity contribution in [2.75, 3.05) is 23.7 Å². The minimum Gasteiger partial charge on any atom is -0.364 e. The van der Waals surface area contributed by atoms with Crippen molar-refractivity contribution >= 4 is 17.3 Å². The van der Waals surface area contributed by atoms with E-state index in [0.29, 0.717) is 24.9 Å². The first-order chi connectivity index (χ1) is 9.91. The Bertz CT molecular complexity index is 430. The Kier molecular flexibility index (Phi) is 6.84. The molecule has 21 heavy (non-hydrogen) atoms. The fraction of sp³-hybridized carbons (Fsp3) is 0.714. The second-order valence-corrected chi connectivity index (χ2v) is 5.90. The highest BCUT2D eigenvalue weighted by Crippen LogP contribution is 2.28. The third-order valence-electron chi connectivity index (χ3n) is 3.03. The molecule has 0 atom stereocenters. The van der Waals surface area contributed by atoms with Crippen molar-refractivity contribution in [1.29, 1.82) is 0 Å². The monoisotopic (exact) mass is 295 g/mol. The lowest BCUT2D eigenvalue weighted by Crippen LogP contribution is -2.13. The van der Waals surface area contributed by atoms with Crippen LogP contribution in [0, 0.1) is 22.0 Å². The molecule has 0 fully saturated rings. The maximum absolute atomic E-state index is 11.3. The lowest BCUT2D eigenvalue weighted by Gasteiger charge is -2.11. The molecule has 7 nitrogen and oxygen atoms in total. The smallest absolute Gasteiger partial charge is 0.353 e. The van der Waals surface area contributed by atoms with Gasteiger partial charge in [-0.25, -0.2) is 9.97 Å². The van der Waals surface area contributed by atoms with Crippen molar-refractivity contribution in [2.45, 2.75) is 40.5 Å². The topological polar surface area (TPSA) is 93.0 Å². The third kappa shape index (κ3) is 5.93. The van der Waals surface area contributed by atoms with Crippen molar-refractivity contribution in [1.82, 2.24) is 9.97 Å². The van der Waals surface area contributed by atoms with Crippen LogP contribution in [0.25, 0.3) is 0 Å². The molecule has 0 aliphatic heterocycles. The molecule has 1 aromatic rings. The van der Waals surface area contributed by atoms with Crippen LogP contribution in [0.1, 0.15) is 40.5 Å². The summed E-state index contributed by atoms with van der Waals surface area (Å²) in [5.74, 6) is 1.62. The van der Waals surface area contributed by atoms with Crippen LogP contribution in [0.2, 0.25) is 0 Å². The van der Waals surface area contributed by atoms with E-state index in [4.69, 9.17) is 0 Å². The second kappa shape index (κ2) is 8.39. The molecule has 0 unspecified atom stereocenters. The number of nitrogens with one attached hydrogen (secondary N) is 2. The SMILES string of the molecule is CC(C)CCNc1ncnc(NCCC(C)C)c1[N+](=O)[O-]. The maximum atomic E-state index is 11.3. The van der Waals surface area contributed by atoms with Crippen LogP contribution in [0.3, 0.4) is 0 Å². The summed E-state index contributed by atoms with van der Waals surface area (Å²) in [6.45, 7) is 9.73. The highest BCUT2D eigenvalue weighted by molar-refractivity contribution is 5.69. The molecule has 1 rings (SSSR count). The van der Waals surface area contributed by atoms with Crippen molar-refractivity contribution in [3.63, 3.8) is 0 Å². The molecule has 0 aromatic carbocycles. The van der Waals surface area contributed by atoms with E-state index in [1.807, 2.05) is 0 Å². The van der Waals surface area contributed by atoms with Gasteiger partial charge >= 0.3 is 5.69 Å². The predicted molar refractivity (Wildman–Crippen MR) is 84.6 cm³/mol. The molecule has 0 bridgehead atoms. The zero-order valence-electron chi connectivity index (χ0n) is 13.2. The van der Waals surface area contributed by atoms with Crippen molar-refractivity contribution < 1.29 is 4.92 Å². The number of hydrogen-bond donors (Lipinski definition) is 2. The van der Waals surface area contributed by atoms with Gasteiger partial charge in [0.25, 0.3) is 0 Å². The largest absolute Gasteiger partial charge is 0.364 e. The van der Waals surface area contributed by atoms with E-state index in [-0.39, 0.29) is 17.3 Å². The van der Waals surface area contributed by atoms with Gasteiger partial charge in [-0.05, 0) is 24.7 Å². The molecule has 0 saturated heterocycles. The minimum atomic E-state index is -0.435. The normalized spacial score (nSPS) is 11.0. The van der Waals surface area contributed by atoms with Gasteiger partial charge in [0, 0.05) is 13.1 Å². The molecular formula is C14H25N5O2. The lowest BCUT2D eigenvalue weighted by atomic mass is 10.1. The van der Waals surface area contributed by atoms with Crippen molar-refractivity contribution in [3.05, 3.63) is 16.4 Å². The van der Waals surface area contributed by atoms with E-state index in [1.54, 1.807) is 0 Å². The minimum absolute atomic E-state index is 0.0787. The number of hydrogen-bond acceptors (Lipinski definition) is 6. The molecule has 0 aliphatic rings. The summed E-state index contributed by atoms with van der Waals surface area (Å²) in [5.41, 5.74) is -0.0787. The van der Waals surface area contributed by atoms with E-state index in [9.17, 15) is 10.1 Å². The molecule has 0 saturated carbocycles. The molecule has 2 N–H and O–H groups in total. The van der Waals surface area contributed by atoms with Gasteiger partial charge in [0.2, 0.25) is 11.6 Å². The number of nitrogens with zero attached hydrogens (tertiary/aromatic N) is 3. The van der Waals surface area contributed by atoms with Crippen LogP contribution < -0.4 is 10.6 Å². The van der Waals surface area contributed by atoms with Gasteiger partial charge in [0.1, 0.15) is 6.33 Å². The molecule has 0 radical (unpaired) electrons. The fourth-order valence-corrected chi connectivity index (χ4v) is 1.77. The highest BCUT2D eigenvalue weighted by atomic mass is 16.6. The number of aromatic nitrogens is 2. The van der Waals surface area contributed by atoms with Crippen LogP contribution >= 0.6 is 0 Å². The van der Waals surface area contributed by atoms with Crippen molar-refractivity contribution in [3.8, 4) is 0 Å². The van der Waals surface area contributed by atoms with Gasteiger partial charge in [-0.2, -0.15) is 0 Å². The van der Waals surface area contributed by atoms with E-state index in [1.165, 1.54) is 6.33 Å². The molecule has 0 spiro atoms. The Morgan fingerprint density at radius 1 is 1.05 bits per heavy atom. The Balaban J connectivity index is 2.80. The zero-order chi connectivity index (χ0) is 15.8. The van der Waals surface area contributed by atoms with Crippen molar-refractivity contribution in [2.24, 2.45) is 11.8 Å². The molecule has 1 aromatic heterocycles. The Hall–Kier alpha value is -1.92. The van der Waals surface area contributed by atoms with Crippen LogP contribution in [-0.2, 0) is 0 Å². The maximum Gasteiger partial charge on any atom is 0.353 e. The summed E-state index contributed by atoms with van der Waals surface area (Å²) >= 11 is 0. The summed E-state index contributed by atoms with van der Waals surface area (Å²) in [7, 11) is 0. The number of rotatable bonds is 9. The summed E-state index contributed by atoms with van der Waals surface area (Å²) < 4.78 is 0. The molecule has 0 amide bonds. The average Bonchev–Trinajstić information content (AvgIpc) is 2.37. The second-order valence-electron chi connectivity index (χ2n) is 5.90. The first kappa shape index (κ1) is 17.1. The van der Waals surface area contributed by atoms with E-state index >= 15 is 0 Å². The quantitative estimate of drug-likeness (QED) is 0.536. The molecular weight excluding hydrogens is 270 g/mol. The lowest BCUT2D eigenvalue weighted by molar-refractivity contribution is -0.383. The van der Waals surface area contributed by atoms with Crippen LogP contribution in [0.15, 0.2) is 6.33 Å². The highest BCUT2D eigenvalue weighted by Gasteiger charge is 2.22. The molecule has 1 heterocycles. The molecule has 0 aliphatic carbocycles. The predicted octanol–water partition coefficient (Wildman–Crippen LogP) is 3.30. The van der Waals surface area contributed by atoms with E-state index < -0.39 is 4.92 Å². The fourth-order valence-electron chi connectivity index (χ4n) is 1.77. The molecule has 7 heteroatoms. The van der Waals surface area contributed by atoms with Crippen LogP contribution in [0.5, 0.6) is 0 Å². The first-order valence-electron chi connectivity index (χ1n) is 7.39. The summed E-state index contributed by atoms with van der Waals surface area (Å²) in [6, 6.07) is 0. The summed E-state index contributed by atoms with van der Waals surface area (Å²) in [6.07, 6.45) is 3.21. The van der Waals surface area contributed by atoms with Crippen LogP contribution in [0.4, 0.5) is 17.3 Å². The van der Waals surface area contributed by atoms with E-state index in [2.05, 4.69) is 48.3 Å². The third-order valence-corrected chi connectivity index (χ3v) is 3.03. The van der Waals surface area contributed by atoms with Gasteiger partial charge in [-0.15, -0.1) is 0 Å². The van der Waals surface area contributed by atoms with Crippen LogP contribution in [-0.4, -0.2) is 28.0 Å². The zero-order valence-corrected chi connectivity index (χ0v) is 13.2. The summed E-state index contributed by atoms with van der Waals surface area (Å²) in [5, 5.41) is 17.3. The van der Waals surface area contributed by atoms with Gasteiger partial charge in [0.15, 0.2) is 0 Å². The standard InChI is InChI=1S/C14H25N5O2/c1-10(2)5-7-15-13-12(19(20)21)14(18-9-17-13)16-8-6-11(3)4/h9-11H,5-8H2,1-4H3,(H2,15,16,17,18). The average molecular weight is 295 g/mol.